The molecule has 6 heteroatoms. The molecule has 3 rings (SSSR count). The number of hydrogen-bond donors (Lipinski definition) is 1. The number of rotatable bonds is 5. The molecule has 2 heterocycles. The molecule has 0 aliphatic heterocycles. The molecule has 6 nitrogen and oxygen atoms in total. The number of ether oxygens (including phenoxy) is 1. The van der Waals surface area contributed by atoms with Crippen molar-refractivity contribution in [2.24, 2.45) is 0 Å². The van der Waals surface area contributed by atoms with Crippen LogP contribution < -0.4 is 5.32 Å². The maximum atomic E-state index is 13.0. The second kappa shape index (κ2) is 8.17. The maximum absolute atomic E-state index is 13.0. The molecular weight excluding hydrogens is 354 g/mol. The predicted molar refractivity (Wildman–Crippen MR) is 108 cm³/mol. The Morgan fingerprint density at radius 1 is 1.04 bits per heavy atom. The van der Waals surface area contributed by atoms with Crippen molar-refractivity contribution in [3.8, 4) is 11.4 Å². The Hall–Kier alpha value is -3.28. The highest BCUT2D eigenvalue weighted by Crippen LogP contribution is 2.27. The molecule has 0 fully saturated rings. The zero-order valence-corrected chi connectivity index (χ0v) is 16.4. The summed E-state index contributed by atoms with van der Waals surface area (Å²) in [7, 11) is 1.29. The van der Waals surface area contributed by atoms with Crippen molar-refractivity contribution in [2.75, 3.05) is 7.11 Å². The van der Waals surface area contributed by atoms with Crippen LogP contribution in [0.25, 0.3) is 22.3 Å². The van der Waals surface area contributed by atoms with Crippen molar-refractivity contribution in [1.29, 1.82) is 0 Å². The number of amides is 1. The summed E-state index contributed by atoms with van der Waals surface area (Å²) in [6.07, 6.45) is 1.68. The smallest absolute Gasteiger partial charge is 0.328 e. The predicted octanol–water partition coefficient (Wildman–Crippen LogP) is 3.71. The second-order valence-corrected chi connectivity index (χ2v) is 6.92. The van der Waals surface area contributed by atoms with E-state index < -0.39 is 12.0 Å². The summed E-state index contributed by atoms with van der Waals surface area (Å²) in [4.78, 5) is 33.7. The number of nitrogens with zero attached hydrogens (tertiary/aromatic N) is 2. The zero-order chi connectivity index (χ0) is 20.3. The Balaban J connectivity index is 2.14. The fraction of sp³-hybridized carbons (Fsp3) is 0.273. The van der Waals surface area contributed by atoms with Crippen LogP contribution >= 0.6 is 0 Å². The monoisotopic (exact) mass is 377 g/mol. The number of hydrogen-bond acceptors (Lipinski definition) is 5. The van der Waals surface area contributed by atoms with E-state index in [0.29, 0.717) is 28.4 Å². The number of nitrogens with one attached hydrogen (secondary N) is 1. The van der Waals surface area contributed by atoms with Gasteiger partial charge in [0.2, 0.25) is 0 Å². The van der Waals surface area contributed by atoms with E-state index in [9.17, 15) is 9.59 Å². The second-order valence-electron chi connectivity index (χ2n) is 6.92. The van der Waals surface area contributed by atoms with Gasteiger partial charge in [0.15, 0.2) is 0 Å². The van der Waals surface area contributed by atoms with E-state index in [-0.39, 0.29) is 5.91 Å². The average molecular weight is 377 g/mol. The number of methoxy groups -OCH3 is 1. The third-order valence-electron chi connectivity index (χ3n) is 4.57. The third-order valence-corrected chi connectivity index (χ3v) is 4.57. The summed E-state index contributed by atoms with van der Waals surface area (Å²) in [6.45, 7) is 5.78. The van der Waals surface area contributed by atoms with Crippen LogP contribution in [-0.2, 0) is 9.53 Å². The van der Waals surface area contributed by atoms with E-state index in [0.717, 1.165) is 10.9 Å². The molecular formula is C22H23N3O3. The van der Waals surface area contributed by atoms with Crippen molar-refractivity contribution in [2.45, 2.75) is 32.7 Å². The third kappa shape index (κ3) is 4.01. The Morgan fingerprint density at radius 2 is 1.82 bits per heavy atom. The van der Waals surface area contributed by atoms with Crippen molar-refractivity contribution < 1.29 is 14.3 Å². The lowest BCUT2D eigenvalue weighted by molar-refractivity contribution is -0.142. The lowest BCUT2D eigenvalue weighted by Crippen LogP contribution is -2.39. The minimum Gasteiger partial charge on any atom is -0.467 e. The van der Waals surface area contributed by atoms with Gasteiger partial charge in [0.1, 0.15) is 6.04 Å². The van der Waals surface area contributed by atoms with Crippen LogP contribution in [0.5, 0.6) is 0 Å². The summed E-state index contributed by atoms with van der Waals surface area (Å²) in [5.74, 6) is -0.548. The fourth-order valence-corrected chi connectivity index (χ4v) is 2.95. The molecule has 28 heavy (non-hydrogen) atoms. The van der Waals surface area contributed by atoms with Crippen LogP contribution in [-0.4, -0.2) is 35.0 Å². The van der Waals surface area contributed by atoms with Crippen molar-refractivity contribution in [1.82, 2.24) is 15.3 Å². The van der Waals surface area contributed by atoms with Gasteiger partial charge >= 0.3 is 5.97 Å². The van der Waals surface area contributed by atoms with E-state index in [1.807, 2.05) is 36.4 Å². The molecule has 0 aliphatic rings. The molecule has 0 aliphatic carbocycles. The highest BCUT2D eigenvalue weighted by atomic mass is 16.5. The van der Waals surface area contributed by atoms with Crippen molar-refractivity contribution in [3.05, 3.63) is 59.8 Å². The molecule has 3 aromatic rings. The molecule has 1 atom stereocenters. The Bertz CT molecular complexity index is 1020. The first kappa shape index (κ1) is 19.5. The average Bonchev–Trinajstić information content (AvgIpc) is 2.72. The number of pyridine rings is 2. The number of carbonyl (C=O) groups is 2. The normalized spacial score (nSPS) is 12.0. The summed E-state index contributed by atoms with van der Waals surface area (Å²) < 4.78 is 4.70. The van der Waals surface area contributed by atoms with Gasteiger partial charge in [-0.3, -0.25) is 9.78 Å². The molecule has 0 saturated carbocycles. The van der Waals surface area contributed by atoms with E-state index in [1.165, 1.54) is 7.11 Å². The summed E-state index contributed by atoms with van der Waals surface area (Å²) >= 11 is 0. The van der Waals surface area contributed by atoms with Crippen LogP contribution in [0, 0.1) is 0 Å². The van der Waals surface area contributed by atoms with Gasteiger partial charge in [0.05, 0.1) is 29.6 Å². The Labute approximate surface area is 164 Å². The van der Waals surface area contributed by atoms with Gasteiger partial charge in [-0.05, 0) is 48.7 Å². The number of aromatic nitrogens is 2. The molecule has 0 saturated heterocycles. The lowest BCUT2D eigenvalue weighted by Gasteiger charge is -2.15. The van der Waals surface area contributed by atoms with Gasteiger partial charge in [-0.15, -0.1) is 0 Å². The Kier molecular flexibility index (Phi) is 5.68. The number of carbonyl (C=O) groups excluding carboxylic acids is 2. The summed E-state index contributed by atoms with van der Waals surface area (Å²) in [6, 6.07) is 12.4. The first-order valence-electron chi connectivity index (χ1n) is 9.15. The van der Waals surface area contributed by atoms with E-state index in [2.05, 4.69) is 29.1 Å². The summed E-state index contributed by atoms with van der Waals surface area (Å²) in [5.41, 5.74) is 3.52. The van der Waals surface area contributed by atoms with Crippen LogP contribution in [0.4, 0.5) is 0 Å². The van der Waals surface area contributed by atoms with E-state index in [1.54, 1.807) is 19.2 Å². The molecule has 2 aromatic heterocycles. The first-order chi connectivity index (χ1) is 13.4. The maximum Gasteiger partial charge on any atom is 0.328 e. The van der Waals surface area contributed by atoms with Gasteiger partial charge < -0.3 is 10.1 Å². The zero-order valence-electron chi connectivity index (χ0n) is 16.4. The minimum atomic E-state index is -0.757. The molecule has 0 radical (unpaired) electrons. The van der Waals surface area contributed by atoms with E-state index >= 15 is 0 Å². The fourth-order valence-electron chi connectivity index (χ4n) is 2.95. The largest absolute Gasteiger partial charge is 0.467 e. The number of esters is 1. The quantitative estimate of drug-likeness (QED) is 0.686. The van der Waals surface area contributed by atoms with Crippen LogP contribution in [0.1, 0.15) is 42.6 Å². The lowest BCUT2D eigenvalue weighted by atomic mass is 9.97. The van der Waals surface area contributed by atoms with Gasteiger partial charge in [0.25, 0.3) is 5.91 Å². The molecule has 0 bridgehead atoms. The van der Waals surface area contributed by atoms with Crippen LogP contribution in [0.3, 0.4) is 0 Å². The van der Waals surface area contributed by atoms with Crippen molar-refractivity contribution in [3.63, 3.8) is 0 Å². The molecule has 144 valence electrons. The van der Waals surface area contributed by atoms with Crippen LogP contribution in [0.15, 0.2) is 48.7 Å². The molecule has 0 spiro atoms. The topological polar surface area (TPSA) is 81.2 Å². The number of fused-ring (bicyclic) bond motifs is 1. The molecule has 1 N–H and O–H groups in total. The first-order valence-corrected chi connectivity index (χ1v) is 9.15. The van der Waals surface area contributed by atoms with Gasteiger partial charge in [0, 0.05) is 11.6 Å². The SMILES string of the molecule is COC(=O)C(C)NC(=O)c1cc(-c2ccccn2)nc2ccc(C(C)C)cc12. The molecule has 1 amide bonds. The molecule has 1 unspecified atom stereocenters. The standard InChI is InChI=1S/C22H23N3O3/c1-13(2)15-8-9-18-16(11-15)17(21(26)24-14(3)22(27)28-4)12-20(25-18)19-7-5-6-10-23-19/h5-14H,1-4H3,(H,24,26). The highest BCUT2D eigenvalue weighted by molar-refractivity contribution is 6.08. The highest BCUT2D eigenvalue weighted by Gasteiger charge is 2.20. The minimum absolute atomic E-state index is 0.310. The molecule has 1 aromatic carbocycles. The van der Waals surface area contributed by atoms with Gasteiger partial charge in [-0.1, -0.05) is 26.0 Å². The van der Waals surface area contributed by atoms with Crippen molar-refractivity contribution >= 4 is 22.8 Å². The summed E-state index contributed by atoms with van der Waals surface area (Å²) in [5, 5.41) is 3.44. The van der Waals surface area contributed by atoms with Crippen LogP contribution in [0.2, 0.25) is 0 Å². The van der Waals surface area contributed by atoms with E-state index in [4.69, 9.17) is 4.74 Å². The van der Waals surface area contributed by atoms with Gasteiger partial charge in [-0.25, -0.2) is 9.78 Å². The van der Waals surface area contributed by atoms with Gasteiger partial charge in [-0.2, -0.15) is 0 Å². The Morgan fingerprint density at radius 3 is 2.46 bits per heavy atom. The number of benzene rings is 1.